The smallest absolute Gasteiger partial charge is 0.246 e. The Hall–Kier alpha value is -1.08. The molecule has 0 amide bonds. The molecule has 1 fully saturated rings. The molecule has 0 bridgehead atoms. The van der Waals surface area contributed by atoms with E-state index in [1.165, 1.54) is 30.1 Å². The highest BCUT2D eigenvalue weighted by Gasteiger charge is 2.29. The summed E-state index contributed by atoms with van der Waals surface area (Å²) in [6.07, 6.45) is 8.09. The summed E-state index contributed by atoms with van der Waals surface area (Å²) in [7, 11) is -1.93. The third-order valence-electron chi connectivity index (χ3n) is 4.08. The van der Waals surface area contributed by atoms with Gasteiger partial charge in [-0.1, -0.05) is 26.2 Å². The predicted octanol–water partition coefficient (Wildman–Crippen LogP) is 1.64. The lowest BCUT2D eigenvalue weighted by Crippen LogP contribution is -2.40. The number of hydrogen-bond acceptors (Lipinski definition) is 4. The molecule has 1 heterocycles. The minimum absolute atomic E-state index is 0.0140. The minimum atomic E-state index is -3.59. The van der Waals surface area contributed by atoms with E-state index in [1.807, 2.05) is 6.92 Å². The summed E-state index contributed by atoms with van der Waals surface area (Å²) in [5, 5.41) is 3.90. The maximum absolute atomic E-state index is 12.4. The molecule has 0 radical (unpaired) electrons. The molecular formula is C13H24N4O2S. The topological polar surface area (TPSA) is 90.0 Å². The van der Waals surface area contributed by atoms with Crippen LogP contribution in [0.25, 0.3) is 0 Å². The summed E-state index contributed by atoms with van der Waals surface area (Å²) in [4.78, 5) is 0.0780. The zero-order valence-electron chi connectivity index (χ0n) is 12.2. The fourth-order valence-electron chi connectivity index (χ4n) is 3.00. The molecule has 2 rings (SSSR count). The average molecular weight is 300 g/mol. The Labute approximate surface area is 120 Å². The molecule has 114 valence electrons. The van der Waals surface area contributed by atoms with Crippen LogP contribution in [-0.2, 0) is 17.1 Å². The van der Waals surface area contributed by atoms with Gasteiger partial charge in [-0.3, -0.25) is 4.68 Å². The molecule has 1 unspecified atom stereocenters. The zero-order valence-corrected chi connectivity index (χ0v) is 13.0. The van der Waals surface area contributed by atoms with Gasteiger partial charge >= 0.3 is 0 Å². The summed E-state index contributed by atoms with van der Waals surface area (Å²) < 4.78 is 29.1. The van der Waals surface area contributed by atoms with E-state index < -0.39 is 10.0 Å². The molecular weight excluding hydrogens is 276 g/mol. The van der Waals surface area contributed by atoms with Crippen LogP contribution in [-0.4, -0.2) is 24.2 Å². The largest absolute Gasteiger partial charge is 0.381 e. The van der Waals surface area contributed by atoms with Crippen molar-refractivity contribution in [1.29, 1.82) is 0 Å². The third kappa shape index (κ3) is 3.32. The molecule has 1 aromatic rings. The number of aromatic nitrogens is 2. The number of anilines is 1. The highest BCUT2D eigenvalue weighted by atomic mass is 32.2. The molecule has 3 N–H and O–H groups in total. The van der Waals surface area contributed by atoms with Crippen LogP contribution in [0.2, 0.25) is 0 Å². The summed E-state index contributed by atoms with van der Waals surface area (Å²) in [6, 6.07) is -0.0140. The van der Waals surface area contributed by atoms with Crippen molar-refractivity contribution in [3.63, 3.8) is 0 Å². The van der Waals surface area contributed by atoms with Crippen LogP contribution in [0.3, 0.4) is 0 Å². The van der Waals surface area contributed by atoms with Gasteiger partial charge in [0.2, 0.25) is 10.0 Å². The minimum Gasteiger partial charge on any atom is -0.381 e. The molecule has 0 aromatic carbocycles. The van der Waals surface area contributed by atoms with Crippen LogP contribution in [0, 0.1) is 5.92 Å². The van der Waals surface area contributed by atoms with Crippen LogP contribution >= 0.6 is 0 Å². The van der Waals surface area contributed by atoms with Crippen LogP contribution in [0.1, 0.15) is 45.4 Å². The molecule has 1 atom stereocenters. The lowest BCUT2D eigenvalue weighted by Gasteiger charge is -2.29. The van der Waals surface area contributed by atoms with E-state index >= 15 is 0 Å². The van der Waals surface area contributed by atoms with Crippen molar-refractivity contribution in [3.05, 3.63) is 6.20 Å². The standard InChI is InChI=1S/C13H24N4O2S/c1-3-11(10-7-5-4-6-8-10)16-20(18,19)12-9-17(2)15-13(12)14/h9-11,16H,3-8H2,1-2H3,(H2,14,15). The Morgan fingerprint density at radius 2 is 2.10 bits per heavy atom. The number of nitrogens with one attached hydrogen (secondary N) is 1. The van der Waals surface area contributed by atoms with Gasteiger partial charge in [-0.15, -0.1) is 0 Å². The fourth-order valence-corrected chi connectivity index (χ4v) is 4.50. The van der Waals surface area contributed by atoms with Crippen LogP contribution in [0.15, 0.2) is 11.1 Å². The Morgan fingerprint density at radius 1 is 1.45 bits per heavy atom. The Balaban J connectivity index is 2.15. The van der Waals surface area contributed by atoms with Crippen molar-refractivity contribution < 1.29 is 8.42 Å². The summed E-state index contributed by atoms with van der Waals surface area (Å²) in [5.74, 6) is 0.486. The van der Waals surface area contributed by atoms with Crippen molar-refractivity contribution in [2.24, 2.45) is 13.0 Å². The summed E-state index contributed by atoms with van der Waals surface area (Å²) in [5.41, 5.74) is 5.67. The van der Waals surface area contributed by atoms with Gasteiger partial charge in [0.15, 0.2) is 5.82 Å². The van der Waals surface area contributed by atoms with E-state index in [0.717, 1.165) is 19.3 Å². The number of aryl methyl sites for hydroxylation is 1. The maximum atomic E-state index is 12.4. The van der Waals surface area contributed by atoms with Crippen LogP contribution in [0.4, 0.5) is 5.82 Å². The molecule has 0 spiro atoms. The molecule has 1 aromatic heterocycles. The lowest BCUT2D eigenvalue weighted by molar-refractivity contribution is 0.285. The maximum Gasteiger partial charge on any atom is 0.246 e. The molecule has 7 heteroatoms. The second-order valence-electron chi connectivity index (χ2n) is 5.59. The van der Waals surface area contributed by atoms with Crippen molar-refractivity contribution in [3.8, 4) is 0 Å². The number of nitrogens with zero attached hydrogens (tertiary/aromatic N) is 2. The van der Waals surface area contributed by atoms with Gasteiger partial charge in [-0.05, 0) is 25.2 Å². The molecule has 1 aliphatic carbocycles. The first kappa shape index (κ1) is 15.3. The van der Waals surface area contributed by atoms with Gasteiger partial charge in [-0.25, -0.2) is 13.1 Å². The fraction of sp³-hybridized carbons (Fsp3) is 0.769. The van der Waals surface area contributed by atoms with Gasteiger partial charge in [0.05, 0.1) is 0 Å². The van der Waals surface area contributed by atoms with E-state index in [1.54, 1.807) is 7.05 Å². The SMILES string of the molecule is CCC(NS(=O)(=O)c1cn(C)nc1N)C1CCCCC1. The van der Waals surface area contributed by atoms with Crippen molar-refractivity contribution in [2.45, 2.75) is 56.4 Å². The quantitative estimate of drug-likeness (QED) is 0.865. The molecule has 1 aliphatic rings. The first-order chi connectivity index (χ1) is 9.44. The van der Waals surface area contributed by atoms with Crippen molar-refractivity contribution >= 4 is 15.8 Å². The number of rotatable bonds is 5. The predicted molar refractivity (Wildman–Crippen MR) is 78.6 cm³/mol. The van der Waals surface area contributed by atoms with Crippen molar-refractivity contribution in [1.82, 2.24) is 14.5 Å². The number of nitrogens with two attached hydrogens (primary N) is 1. The number of sulfonamides is 1. The van der Waals surface area contributed by atoms with E-state index in [-0.39, 0.29) is 16.8 Å². The van der Waals surface area contributed by atoms with Crippen LogP contribution in [0.5, 0.6) is 0 Å². The second kappa shape index (κ2) is 6.13. The Kier molecular flexibility index (Phi) is 4.70. The number of hydrogen-bond donors (Lipinski definition) is 2. The van der Waals surface area contributed by atoms with Gasteiger partial charge in [0.1, 0.15) is 4.90 Å². The first-order valence-electron chi connectivity index (χ1n) is 7.25. The van der Waals surface area contributed by atoms with Crippen molar-refractivity contribution in [2.75, 3.05) is 5.73 Å². The lowest BCUT2D eigenvalue weighted by atomic mass is 9.83. The molecule has 6 nitrogen and oxygen atoms in total. The van der Waals surface area contributed by atoms with Gasteiger partial charge < -0.3 is 5.73 Å². The van der Waals surface area contributed by atoms with Gasteiger partial charge in [0.25, 0.3) is 0 Å². The van der Waals surface area contributed by atoms with Gasteiger partial charge in [0, 0.05) is 19.3 Å². The molecule has 0 saturated heterocycles. The Bertz CT molecular complexity index is 547. The van der Waals surface area contributed by atoms with E-state index in [4.69, 9.17) is 5.73 Å². The van der Waals surface area contributed by atoms with Gasteiger partial charge in [-0.2, -0.15) is 5.10 Å². The van der Waals surface area contributed by atoms with E-state index in [2.05, 4.69) is 9.82 Å². The monoisotopic (exact) mass is 300 g/mol. The zero-order chi connectivity index (χ0) is 14.8. The summed E-state index contributed by atoms with van der Waals surface area (Å²) in [6.45, 7) is 2.02. The van der Waals surface area contributed by atoms with E-state index in [9.17, 15) is 8.42 Å². The highest BCUT2D eigenvalue weighted by molar-refractivity contribution is 7.89. The highest BCUT2D eigenvalue weighted by Crippen LogP contribution is 2.29. The third-order valence-corrected chi connectivity index (χ3v) is 5.58. The molecule has 1 saturated carbocycles. The second-order valence-corrected chi connectivity index (χ2v) is 7.27. The van der Waals surface area contributed by atoms with Crippen LogP contribution < -0.4 is 10.5 Å². The summed E-state index contributed by atoms with van der Waals surface area (Å²) >= 11 is 0. The van der Waals surface area contributed by atoms with E-state index in [0.29, 0.717) is 5.92 Å². The normalized spacial score (nSPS) is 19.1. The molecule has 20 heavy (non-hydrogen) atoms. The molecule has 0 aliphatic heterocycles. The Morgan fingerprint density at radius 3 is 2.60 bits per heavy atom. The number of nitrogen functional groups attached to an aromatic ring is 1. The first-order valence-corrected chi connectivity index (χ1v) is 8.73. The average Bonchev–Trinajstić information content (AvgIpc) is 2.77.